The van der Waals surface area contributed by atoms with Crippen LogP contribution in [0.25, 0.3) is 0 Å². The van der Waals surface area contributed by atoms with Crippen LogP contribution in [0, 0.1) is 5.92 Å². The number of nitrogens with zero attached hydrogens (tertiary/aromatic N) is 1. The van der Waals surface area contributed by atoms with Crippen LogP contribution in [0.5, 0.6) is 0 Å². The molecule has 0 spiro atoms. The minimum Gasteiger partial charge on any atom is -0.294 e. The van der Waals surface area contributed by atoms with E-state index in [4.69, 9.17) is 0 Å². The highest BCUT2D eigenvalue weighted by Crippen LogP contribution is 2.41. The zero-order chi connectivity index (χ0) is 18.1. The lowest BCUT2D eigenvalue weighted by Crippen LogP contribution is -2.44. The third-order valence-corrected chi connectivity index (χ3v) is 6.31. The molecule has 4 rings (SSSR count). The molecule has 2 heteroatoms. The highest BCUT2D eigenvalue weighted by Gasteiger charge is 2.43. The molecule has 2 atom stereocenters. The largest absolute Gasteiger partial charge is 0.294 e. The summed E-state index contributed by atoms with van der Waals surface area (Å²) in [6, 6.07) is 20.1. The number of piperidine rings is 1. The zero-order valence-corrected chi connectivity index (χ0v) is 15.9. The second-order valence-corrected chi connectivity index (χ2v) is 8.32. The van der Waals surface area contributed by atoms with E-state index in [1.54, 1.807) is 0 Å². The molecule has 0 aliphatic carbocycles. The Kier molecular flexibility index (Phi) is 4.95. The lowest BCUT2D eigenvalue weighted by Gasteiger charge is -2.38. The molecule has 0 amide bonds. The van der Waals surface area contributed by atoms with Gasteiger partial charge in [0, 0.05) is 30.1 Å². The van der Waals surface area contributed by atoms with E-state index in [1.807, 2.05) is 12.1 Å². The van der Waals surface area contributed by atoms with Crippen molar-refractivity contribution in [2.45, 2.75) is 64.1 Å². The van der Waals surface area contributed by atoms with E-state index in [0.717, 1.165) is 24.9 Å². The Morgan fingerprint density at radius 2 is 1.58 bits per heavy atom. The second kappa shape index (κ2) is 7.36. The maximum Gasteiger partial charge on any atom is 0.166 e. The van der Waals surface area contributed by atoms with Crippen molar-refractivity contribution in [1.82, 2.24) is 4.90 Å². The number of carbonyl (C=O) groups excluding carboxylic acids is 1. The maximum atomic E-state index is 13.3. The Morgan fingerprint density at radius 3 is 2.23 bits per heavy atom. The lowest BCUT2D eigenvalue weighted by atomic mass is 9.82. The van der Waals surface area contributed by atoms with Crippen LogP contribution in [0.1, 0.15) is 66.9 Å². The molecule has 26 heavy (non-hydrogen) atoms. The molecule has 2 saturated heterocycles. The Balaban J connectivity index is 1.50. The van der Waals surface area contributed by atoms with E-state index in [2.05, 4.69) is 61.2 Å². The molecular weight excluding hydrogens is 318 g/mol. The highest BCUT2D eigenvalue weighted by molar-refractivity contribution is 5.99. The molecule has 2 aromatic rings. The van der Waals surface area contributed by atoms with Crippen molar-refractivity contribution in [3.63, 3.8) is 0 Å². The van der Waals surface area contributed by atoms with Gasteiger partial charge in [0.05, 0.1) is 0 Å². The predicted octanol–water partition coefficient (Wildman–Crippen LogP) is 5.44. The van der Waals surface area contributed by atoms with Gasteiger partial charge in [0.1, 0.15) is 0 Å². The minimum absolute atomic E-state index is 0.194. The third kappa shape index (κ3) is 3.35. The van der Waals surface area contributed by atoms with Crippen molar-refractivity contribution in [1.29, 1.82) is 0 Å². The summed E-state index contributed by atoms with van der Waals surface area (Å²) < 4.78 is 0. The summed E-state index contributed by atoms with van der Waals surface area (Å²) in [4.78, 5) is 16.0. The van der Waals surface area contributed by atoms with Gasteiger partial charge in [-0.15, -0.1) is 0 Å². The van der Waals surface area contributed by atoms with Gasteiger partial charge in [-0.05, 0) is 42.7 Å². The van der Waals surface area contributed by atoms with E-state index >= 15 is 0 Å². The molecule has 2 heterocycles. The molecule has 2 aliphatic heterocycles. The average Bonchev–Trinajstić information content (AvgIpc) is 2.90. The molecule has 0 N–H and O–H groups in total. The van der Waals surface area contributed by atoms with Crippen LogP contribution in [0.15, 0.2) is 54.6 Å². The first-order valence-corrected chi connectivity index (χ1v) is 10.1. The van der Waals surface area contributed by atoms with Gasteiger partial charge in [0.15, 0.2) is 5.78 Å². The van der Waals surface area contributed by atoms with Crippen LogP contribution in [-0.4, -0.2) is 22.8 Å². The number of hydrogen-bond donors (Lipinski definition) is 0. The molecule has 2 fully saturated rings. The predicted molar refractivity (Wildman–Crippen MR) is 106 cm³/mol. The number of hydrogen-bond acceptors (Lipinski definition) is 2. The monoisotopic (exact) mass is 347 g/mol. The van der Waals surface area contributed by atoms with Gasteiger partial charge in [-0.3, -0.25) is 9.69 Å². The number of fused-ring (bicyclic) bond motifs is 2. The van der Waals surface area contributed by atoms with Crippen LogP contribution in [0.2, 0.25) is 0 Å². The van der Waals surface area contributed by atoms with Crippen LogP contribution in [0.3, 0.4) is 0 Å². The van der Waals surface area contributed by atoms with Crippen molar-refractivity contribution in [3.05, 3.63) is 71.3 Å². The van der Waals surface area contributed by atoms with Crippen LogP contribution < -0.4 is 0 Å². The number of rotatable bonds is 5. The van der Waals surface area contributed by atoms with E-state index in [9.17, 15) is 4.79 Å². The summed E-state index contributed by atoms with van der Waals surface area (Å²) in [5.74, 6) is 0.968. The Hall–Kier alpha value is -1.93. The molecule has 2 bridgehead atoms. The molecule has 2 aliphatic rings. The molecule has 2 unspecified atom stereocenters. The lowest BCUT2D eigenvalue weighted by molar-refractivity contribution is 0.0677. The van der Waals surface area contributed by atoms with Gasteiger partial charge >= 0.3 is 0 Å². The fraction of sp³-hybridized carbons (Fsp3) is 0.458. The first kappa shape index (κ1) is 17.5. The van der Waals surface area contributed by atoms with Crippen molar-refractivity contribution >= 4 is 5.78 Å². The Bertz CT molecular complexity index is 753. The standard InChI is InChI=1S/C24H29NO/c1-17(2)22-10-6-7-11-23(22)24(26)19-14-20-12-13-21(15-19)25(20)16-18-8-4-3-5-9-18/h3-11,17,19-21H,12-16H2,1-2H3. The topological polar surface area (TPSA) is 20.3 Å². The summed E-state index contributed by atoms with van der Waals surface area (Å²) in [5.41, 5.74) is 3.55. The van der Waals surface area contributed by atoms with E-state index in [0.29, 0.717) is 23.8 Å². The third-order valence-electron chi connectivity index (χ3n) is 6.31. The number of ketones is 1. The maximum absolute atomic E-state index is 13.3. The molecule has 0 aromatic heterocycles. The minimum atomic E-state index is 0.194. The fourth-order valence-electron chi connectivity index (χ4n) is 4.99. The summed E-state index contributed by atoms with van der Waals surface area (Å²) in [5, 5.41) is 0. The van der Waals surface area contributed by atoms with Crippen LogP contribution in [0.4, 0.5) is 0 Å². The first-order chi connectivity index (χ1) is 12.6. The number of benzene rings is 2. The quantitative estimate of drug-likeness (QED) is 0.672. The molecular formula is C24H29NO. The number of carbonyl (C=O) groups is 1. The summed E-state index contributed by atoms with van der Waals surface area (Å²) in [6.07, 6.45) is 4.53. The summed E-state index contributed by atoms with van der Waals surface area (Å²) in [7, 11) is 0. The summed E-state index contributed by atoms with van der Waals surface area (Å²) in [6.45, 7) is 5.39. The van der Waals surface area contributed by atoms with Gasteiger partial charge in [-0.2, -0.15) is 0 Å². The number of Topliss-reactive ketones (excluding diaryl/α,β-unsaturated/α-hetero) is 1. The van der Waals surface area contributed by atoms with E-state index < -0.39 is 0 Å². The van der Waals surface area contributed by atoms with Gasteiger partial charge in [0.25, 0.3) is 0 Å². The Labute approximate surface area is 157 Å². The van der Waals surface area contributed by atoms with Gasteiger partial charge < -0.3 is 0 Å². The molecule has 0 saturated carbocycles. The Morgan fingerprint density at radius 1 is 0.962 bits per heavy atom. The molecule has 2 nitrogen and oxygen atoms in total. The second-order valence-electron chi connectivity index (χ2n) is 8.32. The molecule has 2 aromatic carbocycles. The van der Waals surface area contributed by atoms with Gasteiger partial charge in [0.2, 0.25) is 0 Å². The SMILES string of the molecule is CC(C)c1ccccc1C(=O)C1CC2CCC(C1)N2Cc1ccccc1. The van der Waals surface area contributed by atoms with Crippen molar-refractivity contribution in [2.75, 3.05) is 0 Å². The summed E-state index contributed by atoms with van der Waals surface area (Å²) >= 11 is 0. The first-order valence-electron chi connectivity index (χ1n) is 10.1. The van der Waals surface area contributed by atoms with Crippen LogP contribution in [-0.2, 0) is 6.54 Å². The fourth-order valence-corrected chi connectivity index (χ4v) is 4.99. The van der Waals surface area contributed by atoms with Crippen LogP contribution >= 0.6 is 0 Å². The van der Waals surface area contributed by atoms with Crippen molar-refractivity contribution < 1.29 is 4.79 Å². The van der Waals surface area contributed by atoms with Gasteiger partial charge in [-0.25, -0.2) is 0 Å². The average molecular weight is 348 g/mol. The highest BCUT2D eigenvalue weighted by atomic mass is 16.1. The van der Waals surface area contributed by atoms with E-state index in [-0.39, 0.29) is 5.92 Å². The van der Waals surface area contributed by atoms with Crippen molar-refractivity contribution in [3.8, 4) is 0 Å². The molecule has 136 valence electrons. The van der Waals surface area contributed by atoms with E-state index in [1.165, 1.54) is 24.0 Å². The zero-order valence-electron chi connectivity index (χ0n) is 15.9. The van der Waals surface area contributed by atoms with Gasteiger partial charge in [-0.1, -0.05) is 68.4 Å². The molecule has 0 radical (unpaired) electrons. The van der Waals surface area contributed by atoms with Crippen molar-refractivity contribution in [2.24, 2.45) is 5.92 Å². The smallest absolute Gasteiger partial charge is 0.166 e. The normalized spacial score (nSPS) is 25.6.